The van der Waals surface area contributed by atoms with Crippen molar-refractivity contribution in [1.82, 2.24) is 14.8 Å². The maximum Gasteiger partial charge on any atom is 0.154 e. The molecule has 0 amide bonds. The minimum Gasteiger partial charge on any atom is -0.222 e. The Labute approximate surface area is 87.2 Å². The minimum atomic E-state index is 0.803. The Bertz CT molecular complexity index is 249. The van der Waals surface area contributed by atoms with Crippen molar-refractivity contribution in [2.75, 3.05) is 0 Å². The quantitative estimate of drug-likeness (QED) is 0.723. The molecule has 0 radical (unpaired) electrons. The summed E-state index contributed by atoms with van der Waals surface area (Å²) in [7, 11) is 0. The van der Waals surface area contributed by atoms with Crippen LogP contribution in [0.15, 0.2) is 19.0 Å². The summed E-state index contributed by atoms with van der Waals surface area (Å²) in [5, 5.41) is 3.89. The van der Waals surface area contributed by atoms with Crippen LogP contribution in [0.25, 0.3) is 12.3 Å². The zero-order chi connectivity index (χ0) is 11.4. The molecule has 80 valence electrons. The molecule has 14 heavy (non-hydrogen) atoms. The Morgan fingerprint density at radius 2 is 1.86 bits per heavy atom. The van der Waals surface area contributed by atoms with Crippen molar-refractivity contribution in [3.8, 4) is 0 Å². The molecule has 0 N–H and O–H groups in total. The Hall–Kier alpha value is -1.38. The molecular formula is C11H21N3. The van der Waals surface area contributed by atoms with Gasteiger partial charge in [0.2, 0.25) is 0 Å². The summed E-state index contributed by atoms with van der Waals surface area (Å²) in [6.45, 7) is 13.5. The molecule has 1 aromatic rings. The van der Waals surface area contributed by atoms with E-state index in [2.05, 4.69) is 16.7 Å². The maximum absolute atomic E-state index is 3.97. The van der Waals surface area contributed by atoms with Crippen LogP contribution in [0.4, 0.5) is 0 Å². The third-order valence-corrected chi connectivity index (χ3v) is 1.09. The van der Waals surface area contributed by atoms with Gasteiger partial charge in [0.25, 0.3) is 0 Å². The Kier molecular flexibility index (Phi) is 12.5. The first kappa shape index (κ1) is 15.1. The molecule has 0 aliphatic carbocycles. The number of hydrogen-bond donors (Lipinski definition) is 0. The van der Waals surface area contributed by atoms with Gasteiger partial charge in [-0.1, -0.05) is 40.3 Å². The number of aromatic nitrogens is 3. The molecule has 0 aromatic carbocycles. The van der Waals surface area contributed by atoms with E-state index in [0.29, 0.717) is 0 Å². The van der Waals surface area contributed by atoms with Gasteiger partial charge in [-0.25, -0.2) is 9.67 Å². The van der Waals surface area contributed by atoms with Gasteiger partial charge < -0.3 is 0 Å². The maximum atomic E-state index is 3.97. The lowest BCUT2D eigenvalue weighted by atomic mass is 10.5. The van der Waals surface area contributed by atoms with Crippen molar-refractivity contribution in [2.45, 2.75) is 34.6 Å². The standard InChI is InChI=1S/C7H9N3.2C2H6/c1-3-5-7-8-6-9-10(7)4-2;2*1-2/h3-6H,2H2,1H3;2*1-2H3/b5-3-;;. The van der Waals surface area contributed by atoms with Crippen molar-refractivity contribution in [1.29, 1.82) is 0 Å². The number of allylic oxidation sites excluding steroid dienone is 1. The van der Waals surface area contributed by atoms with Crippen molar-refractivity contribution in [2.24, 2.45) is 0 Å². The van der Waals surface area contributed by atoms with E-state index in [-0.39, 0.29) is 0 Å². The lowest BCUT2D eigenvalue weighted by Crippen LogP contribution is -1.90. The van der Waals surface area contributed by atoms with Crippen molar-refractivity contribution in [3.05, 3.63) is 24.8 Å². The number of rotatable bonds is 2. The van der Waals surface area contributed by atoms with Crippen LogP contribution < -0.4 is 0 Å². The van der Waals surface area contributed by atoms with Crippen LogP contribution in [0.2, 0.25) is 0 Å². The Morgan fingerprint density at radius 1 is 1.29 bits per heavy atom. The van der Waals surface area contributed by atoms with Crippen LogP contribution in [0.3, 0.4) is 0 Å². The average Bonchev–Trinajstić information content (AvgIpc) is 2.72. The smallest absolute Gasteiger partial charge is 0.154 e. The summed E-state index contributed by atoms with van der Waals surface area (Å²) >= 11 is 0. The van der Waals surface area contributed by atoms with Gasteiger partial charge in [0.15, 0.2) is 5.82 Å². The molecule has 3 nitrogen and oxygen atoms in total. The molecule has 0 atom stereocenters. The molecule has 0 spiro atoms. The predicted molar refractivity (Wildman–Crippen MR) is 63.8 cm³/mol. The summed E-state index contributed by atoms with van der Waals surface area (Å²) in [6.07, 6.45) is 6.89. The molecule has 1 aromatic heterocycles. The van der Waals surface area contributed by atoms with E-state index in [4.69, 9.17) is 0 Å². The molecule has 0 aliphatic heterocycles. The summed E-state index contributed by atoms with van der Waals surface area (Å²) in [4.78, 5) is 3.97. The predicted octanol–water partition coefficient (Wildman–Crippen LogP) is 3.46. The van der Waals surface area contributed by atoms with Gasteiger partial charge in [0.05, 0.1) is 0 Å². The van der Waals surface area contributed by atoms with Crippen LogP contribution in [0, 0.1) is 0 Å². The highest BCUT2D eigenvalue weighted by Crippen LogP contribution is 1.95. The van der Waals surface area contributed by atoms with Crippen LogP contribution in [0.1, 0.15) is 40.4 Å². The zero-order valence-electron chi connectivity index (χ0n) is 9.86. The molecule has 0 saturated heterocycles. The lowest BCUT2D eigenvalue weighted by molar-refractivity contribution is 0.924. The van der Waals surface area contributed by atoms with Gasteiger partial charge in [-0.05, 0) is 13.0 Å². The fraction of sp³-hybridized carbons (Fsp3) is 0.455. The highest BCUT2D eigenvalue weighted by Gasteiger charge is 1.92. The van der Waals surface area contributed by atoms with E-state index >= 15 is 0 Å². The monoisotopic (exact) mass is 195 g/mol. The van der Waals surface area contributed by atoms with E-state index in [9.17, 15) is 0 Å². The zero-order valence-corrected chi connectivity index (χ0v) is 9.86. The van der Waals surface area contributed by atoms with E-state index in [1.54, 1.807) is 10.9 Å². The first-order valence-corrected chi connectivity index (χ1v) is 5.03. The second-order valence-electron chi connectivity index (χ2n) is 1.75. The van der Waals surface area contributed by atoms with Gasteiger partial charge >= 0.3 is 0 Å². The molecule has 0 fully saturated rings. The van der Waals surface area contributed by atoms with Gasteiger partial charge in [-0.3, -0.25) is 0 Å². The van der Waals surface area contributed by atoms with Crippen LogP contribution in [-0.4, -0.2) is 14.8 Å². The van der Waals surface area contributed by atoms with E-state index in [1.807, 2.05) is 46.8 Å². The summed E-state index contributed by atoms with van der Waals surface area (Å²) in [6, 6.07) is 0. The fourth-order valence-electron chi connectivity index (χ4n) is 0.668. The topological polar surface area (TPSA) is 30.7 Å². The van der Waals surface area contributed by atoms with E-state index in [1.165, 1.54) is 6.33 Å². The number of nitrogens with zero attached hydrogens (tertiary/aromatic N) is 3. The largest absolute Gasteiger partial charge is 0.222 e. The molecular weight excluding hydrogens is 174 g/mol. The third-order valence-electron chi connectivity index (χ3n) is 1.09. The Balaban J connectivity index is 0. The summed E-state index contributed by atoms with van der Waals surface area (Å²) in [5.74, 6) is 0.803. The molecule has 3 heteroatoms. The molecule has 0 aliphatic rings. The highest BCUT2D eigenvalue weighted by molar-refractivity contribution is 5.42. The highest BCUT2D eigenvalue weighted by atomic mass is 15.3. The second kappa shape index (κ2) is 11.6. The molecule has 1 rings (SSSR count). The average molecular weight is 195 g/mol. The first-order valence-electron chi connectivity index (χ1n) is 5.03. The summed E-state index contributed by atoms with van der Waals surface area (Å²) in [5.41, 5.74) is 0. The second-order valence-corrected chi connectivity index (χ2v) is 1.75. The van der Waals surface area contributed by atoms with Gasteiger partial charge in [-0.2, -0.15) is 5.10 Å². The van der Waals surface area contributed by atoms with Crippen LogP contribution in [-0.2, 0) is 0 Å². The van der Waals surface area contributed by atoms with Crippen LogP contribution in [0.5, 0.6) is 0 Å². The molecule has 0 saturated carbocycles. The third kappa shape index (κ3) is 5.30. The number of hydrogen-bond acceptors (Lipinski definition) is 2. The van der Waals surface area contributed by atoms with Gasteiger partial charge in [0.1, 0.15) is 6.33 Å². The van der Waals surface area contributed by atoms with Crippen molar-refractivity contribution >= 4 is 12.3 Å². The minimum absolute atomic E-state index is 0.803. The first-order chi connectivity index (χ1) is 6.88. The molecule has 0 bridgehead atoms. The van der Waals surface area contributed by atoms with Crippen LogP contribution >= 0.6 is 0 Å². The van der Waals surface area contributed by atoms with Crippen molar-refractivity contribution in [3.63, 3.8) is 0 Å². The lowest BCUT2D eigenvalue weighted by Gasteiger charge is -1.90. The molecule has 0 unspecified atom stereocenters. The SMILES string of the molecule is C=Cn1ncnc1/C=C\C.CC.CC. The van der Waals surface area contributed by atoms with E-state index in [0.717, 1.165) is 5.82 Å². The summed E-state index contributed by atoms with van der Waals surface area (Å²) < 4.78 is 1.61. The van der Waals surface area contributed by atoms with E-state index < -0.39 is 0 Å². The van der Waals surface area contributed by atoms with Gasteiger partial charge in [-0.15, -0.1) is 0 Å². The Morgan fingerprint density at radius 3 is 2.29 bits per heavy atom. The normalized spacial score (nSPS) is 8.36. The van der Waals surface area contributed by atoms with Crippen molar-refractivity contribution < 1.29 is 0 Å². The fourth-order valence-corrected chi connectivity index (χ4v) is 0.668. The van der Waals surface area contributed by atoms with Gasteiger partial charge in [0, 0.05) is 6.20 Å². The molecule has 1 heterocycles.